The standard InChI is InChI=1S/C12H15NOS/c1-4-9-7-11(14-2)10(5-6-13)8-12(9)15-3/h7-8H,4-5H2,1-3H3. The Hall–Kier alpha value is -1.14. The number of aryl methyl sites for hydroxylation is 1. The molecule has 0 spiro atoms. The highest BCUT2D eigenvalue weighted by molar-refractivity contribution is 7.98. The number of nitriles is 1. The number of hydrogen-bond donors (Lipinski definition) is 0. The number of thioether (sulfide) groups is 1. The molecule has 1 aromatic carbocycles. The predicted molar refractivity (Wildman–Crippen MR) is 63.5 cm³/mol. The molecule has 15 heavy (non-hydrogen) atoms. The van der Waals surface area contributed by atoms with Gasteiger partial charge in [0.2, 0.25) is 0 Å². The molecule has 0 aromatic heterocycles. The Kier molecular flexibility index (Phi) is 4.51. The molecule has 0 amide bonds. The van der Waals surface area contributed by atoms with Gasteiger partial charge in [-0.2, -0.15) is 5.26 Å². The van der Waals surface area contributed by atoms with Crippen molar-refractivity contribution >= 4 is 11.8 Å². The monoisotopic (exact) mass is 221 g/mol. The zero-order valence-electron chi connectivity index (χ0n) is 9.33. The van der Waals surface area contributed by atoms with Crippen molar-refractivity contribution in [3.63, 3.8) is 0 Å². The second-order valence-electron chi connectivity index (χ2n) is 3.16. The molecule has 0 atom stereocenters. The van der Waals surface area contributed by atoms with Crippen molar-refractivity contribution in [1.29, 1.82) is 5.26 Å². The molecule has 3 heteroatoms. The summed E-state index contributed by atoms with van der Waals surface area (Å²) in [6.07, 6.45) is 3.44. The van der Waals surface area contributed by atoms with E-state index in [1.54, 1.807) is 18.9 Å². The Morgan fingerprint density at radius 3 is 2.60 bits per heavy atom. The van der Waals surface area contributed by atoms with Crippen LogP contribution in [0.5, 0.6) is 5.75 Å². The fraction of sp³-hybridized carbons (Fsp3) is 0.417. The molecule has 1 aromatic rings. The van der Waals surface area contributed by atoms with Crippen LogP contribution in [0.1, 0.15) is 18.1 Å². The summed E-state index contributed by atoms with van der Waals surface area (Å²) < 4.78 is 5.28. The first kappa shape index (κ1) is 11.9. The van der Waals surface area contributed by atoms with Crippen molar-refractivity contribution in [2.24, 2.45) is 0 Å². The molecule has 2 nitrogen and oxygen atoms in total. The minimum Gasteiger partial charge on any atom is -0.496 e. The number of ether oxygens (including phenoxy) is 1. The van der Waals surface area contributed by atoms with Crippen LogP contribution >= 0.6 is 11.8 Å². The summed E-state index contributed by atoms with van der Waals surface area (Å²) in [6, 6.07) is 6.26. The Bertz CT molecular complexity index is 382. The predicted octanol–water partition coefficient (Wildman–Crippen LogP) is 3.05. The first-order valence-corrected chi connectivity index (χ1v) is 6.10. The lowest BCUT2D eigenvalue weighted by Crippen LogP contribution is -1.95. The molecule has 0 unspecified atom stereocenters. The third-order valence-electron chi connectivity index (χ3n) is 2.33. The SMILES string of the molecule is CCc1cc(OC)c(CC#N)cc1SC. The smallest absolute Gasteiger partial charge is 0.123 e. The highest BCUT2D eigenvalue weighted by Gasteiger charge is 2.08. The van der Waals surface area contributed by atoms with Crippen LogP contribution in [0.25, 0.3) is 0 Å². The van der Waals surface area contributed by atoms with E-state index >= 15 is 0 Å². The first-order valence-electron chi connectivity index (χ1n) is 4.87. The van der Waals surface area contributed by atoms with Crippen LogP contribution in [0.4, 0.5) is 0 Å². The zero-order valence-corrected chi connectivity index (χ0v) is 10.1. The Balaban J connectivity index is 3.22. The molecular weight excluding hydrogens is 206 g/mol. The van der Waals surface area contributed by atoms with Gasteiger partial charge in [0.15, 0.2) is 0 Å². The van der Waals surface area contributed by atoms with Gasteiger partial charge in [0.1, 0.15) is 5.75 Å². The molecule has 0 saturated carbocycles. The van der Waals surface area contributed by atoms with E-state index in [1.807, 2.05) is 6.07 Å². The topological polar surface area (TPSA) is 33.0 Å². The van der Waals surface area contributed by atoms with Gasteiger partial charge in [-0.25, -0.2) is 0 Å². The summed E-state index contributed by atoms with van der Waals surface area (Å²) in [5.74, 6) is 0.825. The third kappa shape index (κ3) is 2.66. The van der Waals surface area contributed by atoms with Crippen LogP contribution in [0.15, 0.2) is 17.0 Å². The number of methoxy groups -OCH3 is 1. The Morgan fingerprint density at radius 1 is 1.40 bits per heavy atom. The van der Waals surface area contributed by atoms with Crippen molar-refractivity contribution < 1.29 is 4.74 Å². The van der Waals surface area contributed by atoms with Crippen LogP contribution in [-0.4, -0.2) is 13.4 Å². The molecule has 0 radical (unpaired) electrons. The van der Waals surface area contributed by atoms with E-state index in [0.717, 1.165) is 17.7 Å². The first-order chi connectivity index (χ1) is 7.26. The lowest BCUT2D eigenvalue weighted by atomic mass is 10.1. The van der Waals surface area contributed by atoms with Crippen molar-refractivity contribution in [3.05, 3.63) is 23.3 Å². The molecule has 0 bridgehead atoms. The van der Waals surface area contributed by atoms with Crippen LogP contribution < -0.4 is 4.74 Å². The summed E-state index contributed by atoms with van der Waals surface area (Å²) in [5.41, 5.74) is 2.25. The van der Waals surface area contributed by atoms with E-state index < -0.39 is 0 Å². The second-order valence-corrected chi connectivity index (χ2v) is 4.01. The molecule has 0 N–H and O–H groups in total. The minimum atomic E-state index is 0.403. The fourth-order valence-corrected chi connectivity index (χ4v) is 2.25. The Labute approximate surface area is 95.3 Å². The van der Waals surface area contributed by atoms with Gasteiger partial charge in [-0.3, -0.25) is 0 Å². The summed E-state index contributed by atoms with van der Waals surface area (Å²) in [4.78, 5) is 1.24. The van der Waals surface area contributed by atoms with Crippen molar-refractivity contribution in [2.45, 2.75) is 24.7 Å². The van der Waals surface area contributed by atoms with Gasteiger partial charge in [-0.1, -0.05) is 6.92 Å². The number of benzene rings is 1. The van der Waals surface area contributed by atoms with Crippen molar-refractivity contribution in [2.75, 3.05) is 13.4 Å². The van der Waals surface area contributed by atoms with E-state index in [4.69, 9.17) is 10.00 Å². The fourth-order valence-electron chi connectivity index (χ4n) is 1.52. The van der Waals surface area contributed by atoms with E-state index in [2.05, 4.69) is 25.3 Å². The highest BCUT2D eigenvalue weighted by Crippen LogP contribution is 2.29. The molecule has 0 saturated heterocycles. The largest absolute Gasteiger partial charge is 0.496 e. The molecule has 0 aliphatic heterocycles. The summed E-state index contributed by atoms with van der Waals surface area (Å²) >= 11 is 1.71. The molecule has 80 valence electrons. The van der Waals surface area contributed by atoms with E-state index in [-0.39, 0.29) is 0 Å². The number of nitrogens with zero attached hydrogens (tertiary/aromatic N) is 1. The minimum absolute atomic E-state index is 0.403. The normalized spacial score (nSPS) is 9.73. The van der Waals surface area contributed by atoms with E-state index in [1.165, 1.54) is 10.5 Å². The summed E-state index contributed by atoms with van der Waals surface area (Å²) in [6.45, 7) is 2.12. The summed E-state index contributed by atoms with van der Waals surface area (Å²) in [7, 11) is 1.65. The zero-order chi connectivity index (χ0) is 11.3. The van der Waals surface area contributed by atoms with Gasteiger partial charge in [-0.15, -0.1) is 11.8 Å². The second kappa shape index (κ2) is 5.67. The molecule has 1 rings (SSSR count). The van der Waals surface area contributed by atoms with Gasteiger partial charge in [0.25, 0.3) is 0 Å². The van der Waals surface area contributed by atoms with Crippen LogP contribution in [0, 0.1) is 11.3 Å². The lowest BCUT2D eigenvalue weighted by molar-refractivity contribution is 0.410. The molecule has 0 heterocycles. The maximum Gasteiger partial charge on any atom is 0.123 e. The molecule has 0 aliphatic rings. The van der Waals surface area contributed by atoms with Gasteiger partial charge in [-0.05, 0) is 30.4 Å². The highest BCUT2D eigenvalue weighted by atomic mass is 32.2. The maximum absolute atomic E-state index is 8.72. The van der Waals surface area contributed by atoms with Crippen molar-refractivity contribution in [1.82, 2.24) is 0 Å². The number of rotatable bonds is 4. The van der Waals surface area contributed by atoms with E-state index in [0.29, 0.717) is 6.42 Å². The van der Waals surface area contributed by atoms with Crippen LogP contribution in [0.2, 0.25) is 0 Å². The van der Waals surface area contributed by atoms with Crippen molar-refractivity contribution in [3.8, 4) is 11.8 Å². The van der Waals surface area contributed by atoms with Gasteiger partial charge < -0.3 is 4.74 Å². The summed E-state index contributed by atoms with van der Waals surface area (Å²) in [5, 5.41) is 8.72. The average Bonchev–Trinajstić information content (AvgIpc) is 2.28. The lowest BCUT2D eigenvalue weighted by Gasteiger charge is -2.11. The maximum atomic E-state index is 8.72. The van der Waals surface area contributed by atoms with Gasteiger partial charge in [0.05, 0.1) is 19.6 Å². The third-order valence-corrected chi connectivity index (χ3v) is 3.15. The Morgan fingerprint density at radius 2 is 2.13 bits per heavy atom. The van der Waals surface area contributed by atoms with E-state index in [9.17, 15) is 0 Å². The van der Waals surface area contributed by atoms with Gasteiger partial charge in [0, 0.05) is 10.5 Å². The average molecular weight is 221 g/mol. The van der Waals surface area contributed by atoms with Crippen LogP contribution in [-0.2, 0) is 12.8 Å². The van der Waals surface area contributed by atoms with Gasteiger partial charge >= 0.3 is 0 Å². The quantitative estimate of drug-likeness (QED) is 0.733. The molecule has 0 aliphatic carbocycles. The van der Waals surface area contributed by atoms with Crippen LogP contribution in [0.3, 0.4) is 0 Å². The molecular formula is C12H15NOS. The molecule has 0 fully saturated rings. The number of hydrogen-bond acceptors (Lipinski definition) is 3.